The number of carbonyl (C=O) groups is 1. The number of nitrogens with zero attached hydrogens (tertiary/aromatic N) is 3. The highest BCUT2D eigenvalue weighted by atomic mass is 19.4. The van der Waals surface area contributed by atoms with Crippen molar-refractivity contribution in [3.63, 3.8) is 0 Å². The first-order valence-electron chi connectivity index (χ1n) is 9.94. The number of benzene rings is 1. The van der Waals surface area contributed by atoms with Gasteiger partial charge in [-0.25, -0.2) is 13.8 Å². The summed E-state index contributed by atoms with van der Waals surface area (Å²) in [6.07, 6.45) is -3.41. The van der Waals surface area contributed by atoms with E-state index in [0.29, 0.717) is 11.6 Å². The molecule has 0 aliphatic carbocycles. The Morgan fingerprint density at radius 1 is 1.12 bits per heavy atom. The second-order valence-electron chi connectivity index (χ2n) is 7.65. The lowest BCUT2D eigenvalue weighted by Crippen LogP contribution is -2.52. The molecular formula is C22H19F5N4O. The molecule has 0 bridgehead atoms. The van der Waals surface area contributed by atoms with Crippen LogP contribution in [0, 0.1) is 0 Å². The van der Waals surface area contributed by atoms with Gasteiger partial charge in [0.1, 0.15) is 11.5 Å². The van der Waals surface area contributed by atoms with Gasteiger partial charge in [0.25, 0.3) is 11.8 Å². The highest BCUT2D eigenvalue weighted by Crippen LogP contribution is 2.33. The molecule has 5 nitrogen and oxygen atoms in total. The maximum Gasteiger partial charge on any atom is 0.417 e. The molecule has 0 unspecified atom stereocenters. The molecule has 3 aromatic rings. The molecule has 10 heteroatoms. The molecule has 2 aromatic heterocycles. The van der Waals surface area contributed by atoms with Gasteiger partial charge in [-0.05, 0) is 23.6 Å². The van der Waals surface area contributed by atoms with Crippen LogP contribution in [-0.4, -0.2) is 45.8 Å². The normalized spacial score (nSPS) is 18.5. The Labute approximate surface area is 180 Å². The summed E-state index contributed by atoms with van der Waals surface area (Å²) in [5, 5.41) is 4.20. The summed E-state index contributed by atoms with van der Waals surface area (Å²) >= 11 is 0. The van der Waals surface area contributed by atoms with E-state index >= 15 is 0 Å². The molecule has 4 rings (SSSR count). The number of hydrogen-bond acceptors (Lipinski definition) is 4. The molecule has 1 aromatic carbocycles. The highest BCUT2D eigenvalue weighted by molar-refractivity contribution is 6.05. The molecule has 1 saturated heterocycles. The minimum absolute atomic E-state index is 0.0928. The van der Waals surface area contributed by atoms with Gasteiger partial charge < -0.3 is 10.2 Å². The van der Waals surface area contributed by atoms with Gasteiger partial charge in [0.15, 0.2) is 0 Å². The zero-order valence-corrected chi connectivity index (χ0v) is 16.7. The van der Waals surface area contributed by atoms with Crippen LogP contribution in [0.3, 0.4) is 0 Å². The molecule has 1 N–H and O–H groups in total. The second kappa shape index (κ2) is 8.33. The summed E-state index contributed by atoms with van der Waals surface area (Å²) < 4.78 is 66.4. The number of hydrogen-bond donors (Lipinski definition) is 1. The molecular weight excluding hydrogens is 431 g/mol. The number of pyridine rings is 2. The predicted octanol–water partition coefficient (Wildman–Crippen LogP) is 5.00. The van der Waals surface area contributed by atoms with Crippen molar-refractivity contribution in [2.24, 2.45) is 0 Å². The predicted molar refractivity (Wildman–Crippen MR) is 108 cm³/mol. The van der Waals surface area contributed by atoms with E-state index in [4.69, 9.17) is 0 Å². The van der Waals surface area contributed by atoms with Gasteiger partial charge >= 0.3 is 6.18 Å². The number of nitrogens with one attached hydrogen (secondary N) is 1. The Kier molecular flexibility index (Phi) is 5.70. The summed E-state index contributed by atoms with van der Waals surface area (Å²) in [4.78, 5) is 22.5. The van der Waals surface area contributed by atoms with Crippen LogP contribution in [0.5, 0.6) is 0 Å². The number of halogens is 5. The number of carbonyl (C=O) groups excluding carboxylic acids is 1. The average molecular weight is 450 g/mol. The van der Waals surface area contributed by atoms with E-state index in [2.05, 4.69) is 15.3 Å². The zero-order chi connectivity index (χ0) is 22.9. The van der Waals surface area contributed by atoms with Crippen molar-refractivity contribution in [1.29, 1.82) is 0 Å². The molecule has 0 radical (unpaired) electrons. The van der Waals surface area contributed by atoms with Crippen molar-refractivity contribution >= 4 is 22.5 Å². The van der Waals surface area contributed by atoms with E-state index < -0.39 is 42.5 Å². The third-order valence-corrected chi connectivity index (χ3v) is 5.44. The smallest absolute Gasteiger partial charge is 0.368 e. The van der Waals surface area contributed by atoms with Gasteiger partial charge in [0.05, 0.1) is 11.6 Å². The monoisotopic (exact) mass is 450 g/mol. The minimum Gasteiger partial charge on any atom is -0.368 e. The third kappa shape index (κ3) is 4.63. The zero-order valence-electron chi connectivity index (χ0n) is 16.7. The van der Waals surface area contributed by atoms with Crippen LogP contribution in [0.25, 0.3) is 10.8 Å². The van der Waals surface area contributed by atoms with E-state index in [0.717, 1.165) is 17.5 Å². The van der Waals surface area contributed by atoms with E-state index in [1.54, 1.807) is 18.2 Å². The van der Waals surface area contributed by atoms with Crippen LogP contribution in [-0.2, 0) is 6.18 Å². The van der Waals surface area contributed by atoms with Crippen molar-refractivity contribution in [3.05, 3.63) is 66.1 Å². The number of rotatable bonds is 4. The van der Waals surface area contributed by atoms with Crippen LogP contribution >= 0.6 is 0 Å². The average Bonchev–Trinajstić information content (AvgIpc) is 2.76. The Bertz CT molecular complexity index is 1110. The lowest BCUT2D eigenvalue weighted by Gasteiger charge is -2.39. The standard InChI is InChI=1S/C22H19F5N4O/c23-21(24)8-10-31(20(32)19-17-4-2-1-3-14(17)7-9-28-19)16(11-21)13-30-18-6-5-15(12-29-18)22(25,26)27/h1-7,9,12,16H,8,10-11,13H2,(H,29,30)/t16-/m0/s1. The molecule has 1 aliphatic rings. The maximum atomic E-state index is 14.1. The van der Waals surface area contributed by atoms with E-state index in [1.165, 1.54) is 11.1 Å². The highest BCUT2D eigenvalue weighted by Gasteiger charge is 2.42. The maximum absolute atomic E-state index is 14.1. The van der Waals surface area contributed by atoms with Gasteiger partial charge in [-0.3, -0.25) is 9.78 Å². The summed E-state index contributed by atoms with van der Waals surface area (Å²) in [5.74, 6) is -3.32. The summed E-state index contributed by atoms with van der Waals surface area (Å²) in [6.45, 7) is -0.256. The van der Waals surface area contributed by atoms with Gasteiger partial charge in [-0.1, -0.05) is 24.3 Å². The lowest BCUT2D eigenvalue weighted by molar-refractivity contribution is -0.137. The molecule has 1 amide bonds. The van der Waals surface area contributed by atoms with Crippen molar-refractivity contribution in [2.45, 2.75) is 31.0 Å². The first-order chi connectivity index (χ1) is 15.1. The minimum atomic E-state index is -4.52. The molecule has 32 heavy (non-hydrogen) atoms. The largest absolute Gasteiger partial charge is 0.417 e. The van der Waals surface area contributed by atoms with Crippen LogP contribution in [0.15, 0.2) is 54.9 Å². The van der Waals surface area contributed by atoms with Crippen LogP contribution < -0.4 is 5.32 Å². The first kappa shape index (κ1) is 21.9. The van der Waals surface area contributed by atoms with Crippen molar-refractivity contribution < 1.29 is 26.7 Å². The fraction of sp³-hybridized carbons (Fsp3) is 0.318. The van der Waals surface area contributed by atoms with Gasteiger partial charge in [-0.15, -0.1) is 0 Å². The molecule has 0 spiro atoms. The fourth-order valence-electron chi connectivity index (χ4n) is 3.79. The number of aromatic nitrogens is 2. The van der Waals surface area contributed by atoms with Gasteiger partial charge in [0.2, 0.25) is 0 Å². The number of alkyl halides is 5. The van der Waals surface area contributed by atoms with Gasteiger partial charge in [-0.2, -0.15) is 13.2 Å². The Hall–Kier alpha value is -3.30. The number of piperidine rings is 1. The van der Waals surface area contributed by atoms with Crippen LogP contribution in [0.1, 0.15) is 28.9 Å². The summed E-state index contributed by atoms with van der Waals surface area (Å²) in [7, 11) is 0. The second-order valence-corrected chi connectivity index (χ2v) is 7.65. The summed E-state index contributed by atoms with van der Waals surface area (Å²) in [6, 6.07) is 10.0. The van der Waals surface area contributed by atoms with E-state index in [-0.39, 0.29) is 24.6 Å². The van der Waals surface area contributed by atoms with Crippen molar-refractivity contribution in [3.8, 4) is 0 Å². The molecule has 1 aliphatic heterocycles. The van der Waals surface area contributed by atoms with E-state index in [1.807, 2.05) is 12.1 Å². The first-order valence-corrected chi connectivity index (χ1v) is 9.94. The van der Waals surface area contributed by atoms with Crippen LogP contribution in [0.4, 0.5) is 27.8 Å². The lowest BCUT2D eigenvalue weighted by atomic mass is 9.97. The van der Waals surface area contributed by atoms with E-state index in [9.17, 15) is 26.7 Å². The quantitative estimate of drug-likeness (QED) is 0.569. The number of amides is 1. The SMILES string of the molecule is O=C(c1nccc2ccccc12)N1CCC(F)(F)C[C@H]1CNc1ccc(C(F)(F)F)cn1. The number of likely N-dealkylation sites (tertiary alicyclic amines) is 1. The Morgan fingerprint density at radius 2 is 1.91 bits per heavy atom. The van der Waals surface area contributed by atoms with Crippen LogP contribution in [0.2, 0.25) is 0 Å². The number of anilines is 1. The van der Waals surface area contributed by atoms with Crippen molar-refractivity contribution in [2.75, 3.05) is 18.4 Å². The van der Waals surface area contributed by atoms with Crippen molar-refractivity contribution in [1.82, 2.24) is 14.9 Å². The number of fused-ring (bicyclic) bond motifs is 1. The molecule has 3 heterocycles. The topological polar surface area (TPSA) is 58.1 Å². The van der Waals surface area contributed by atoms with Gasteiger partial charge in [0, 0.05) is 43.7 Å². The Morgan fingerprint density at radius 3 is 2.62 bits per heavy atom. The molecule has 168 valence electrons. The molecule has 1 atom stereocenters. The summed E-state index contributed by atoms with van der Waals surface area (Å²) in [5.41, 5.74) is -0.739. The fourth-order valence-corrected chi connectivity index (χ4v) is 3.79. The Balaban J connectivity index is 1.55. The molecule has 1 fully saturated rings. The third-order valence-electron chi connectivity index (χ3n) is 5.44. The molecule has 0 saturated carbocycles.